The first kappa shape index (κ1) is 13.5. The number of hydrogen-bond donors (Lipinski definition) is 2. The van der Waals surface area contributed by atoms with Crippen molar-refractivity contribution in [3.05, 3.63) is 35.4 Å². The Labute approximate surface area is 112 Å². The first-order chi connectivity index (χ1) is 8.99. The minimum Gasteiger partial charge on any atom is -0.344 e. The van der Waals surface area contributed by atoms with Gasteiger partial charge < -0.3 is 16.0 Å². The average Bonchev–Trinajstić information content (AvgIpc) is 2.71. The summed E-state index contributed by atoms with van der Waals surface area (Å²) in [6.07, 6.45) is 0.641. The van der Waals surface area contributed by atoms with Gasteiger partial charge in [0.2, 0.25) is 11.8 Å². The molecule has 1 fully saturated rings. The molecule has 1 aliphatic heterocycles. The van der Waals surface area contributed by atoms with Crippen LogP contribution in [0.15, 0.2) is 24.3 Å². The third kappa shape index (κ3) is 2.93. The lowest BCUT2D eigenvalue weighted by Crippen LogP contribution is -2.44. The Hall–Kier alpha value is -1.88. The molecule has 1 saturated heterocycles. The molecular weight excluding hydrogens is 242 g/mol. The molecule has 3 N–H and O–H groups in total. The molecule has 5 heteroatoms. The number of benzene rings is 1. The highest BCUT2D eigenvalue weighted by Gasteiger charge is 2.31. The van der Waals surface area contributed by atoms with Crippen molar-refractivity contribution in [1.82, 2.24) is 10.2 Å². The Morgan fingerprint density at radius 3 is 2.58 bits per heavy atom. The quantitative estimate of drug-likeness (QED) is 0.824. The zero-order valence-corrected chi connectivity index (χ0v) is 11.2. The van der Waals surface area contributed by atoms with E-state index in [1.165, 1.54) is 0 Å². The third-order valence-corrected chi connectivity index (χ3v) is 3.46. The van der Waals surface area contributed by atoms with Crippen LogP contribution in [0.25, 0.3) is 0 Å². The van der Waals surface area contributed by atoms with E-state index >= 15 is 0 Å². The predicted octanol–water partition coefficient (Wildman–Crippen LogP) is 0.342. The van der Waals surface area contributed by atoms with Crippen LogP contribution < -0.4 is 11.1 Å². The van der Waals surface area contributed by atoms with Gasteiger partial charge in [0.05, 0.1) is 0 Å². The van der Waals surface area contributed by atoms with Crippen molar-refractivity contribution in [3.63, 3.8) is 0 Å². The van der Waals surface area contributed by atoms with E-state index in [9.17, 15) is 9.59 Å². The summed E-state index contributed by atoms with van der Waals surface area (Å²) in [7, 11) is 1.73. The fraction of sp³-hybridized carbons (Fsp3) is 0.429. The SMILES string of the molecule is Cc1ccc(C(N)C(=O)NC2CCN(C)C2=O)cc1. The maximum Gasteiger partial charge on any atom is 0.244 e. The maximum absolute atomic E-state index is 12.0. The van der Waals surface area contributed by atoms with E-state index < -0.39 is 12.1 Å². The second-order valence-corrected chi connectivity index (χ2v) is 5.00. The fourth-order valence-electron chi connectivity index (χ4n) is 2.14. The molecule has 1 aromatic rings. The summed E-state index contributed by atoms with van der Waals surface area (Å²) in [6.45, 7) is 2.64. The molecule has 2 atom stereocenters. The topological polar surface area (TPSA) is 75.4 Å². The number of hydrogen-bond acceptors (Lipinski definition) is 3. The van der Waals surface area contributed by atoms with Crippen LogP contribution in [-0.4, -0.2) is 36.3 Å². The summed E-state index contributed by atoms with van der Waals surface area (Å²) in [6, 6.07) is 6.33. The molecule has 1 aromatic carbocycles. The molecule has 2 rings (SSSR count). The number of nitrogens with zero attached hydrogens (tertiary/aromatic N) is 1. The second kappa shape index (κ2) is 5.40. The molecular formula is C14H19N3O2. The summed E-state index contributed by atoms with van der Waals surface area (Å²) >= 11 is 0. The second-order valence-electron chi connectivity index (χ2n) is 5.00. The molecule has 19 heavy (non-hydrogen) atoms. The minimum atomic E-state index is -0.737. The summed E-state index contributed by atoms with van der Waals surface area (Å²) in [5, 5.41) is 2.72. The van der Waals surface area contributed by atoms with Gasteiger partial charge in [-0.25, -0.2) is 0 Å². The van der Waals surface area contributed by atoms with Crippen molar-refractivity contribution in [2.45, 2.75) is 25.4 Å². The molecule has 0 aliphatic carbocycles. The third-order valence-electron chi connectivity index (χ3n) is 3.46. The van der Waals surface area contributed by atoms with Crippen molar-refractivity contribution in [2.75, 3.05) is 13.6 Å². The van der Waals surface area contributed by atoms with E-state index in [0.717, 1.165) is 11.1 Å². The van der Waals surface area contributed by atoms with Crippen LogP contribution in [-0.2, 0) is 9.59 Å². The highest BCUT2D eigenvalue weighted by molar-refractivity contribution is 5.91. The van der Waals surface area contributed by atoms with Gasteiger partial charge in [-0.15, -0.1) is 0 Å². The molecule has 0 bridgehead atoms. The number of rotatable bonds is 3. The van der Waals surface area contributed by atoms with Gasteiger partial charge in [-0.1, -0.05) is 29.8 Å². The molecule has 0 saturated carbocycles. The van der Waals surface area contributed by atoms with Crippen molar-refractivity contribution in [1.29, 1.82) is 0 Å². The molecule has 0 aromatic heterocycles. The summed E-state index contributed by atoms with van der Waals surface area (Å²) in [5.41, 5.74) is 7.78. The number of nitrogens with two attached hydrogens (primary N) is 1. The Morgan fingerprint density at radius 2 is 2.05 bits per heavy atom. The molecule has 2 unspecified atom stereocenters. The molecule has 1 heterocycles. The van der Waals surface area contributed by atoms with E-state index in [-0.39, 0.29) is 11.8 Å². The molecule has 102 valence electrons. The van der Waals surface area contributed by atoms with Crippen LogP contribution in [0.2, 0.25) is 0 Å². The number of likely N-dealkylation sites (tertiary alicyclic amines) is 1. The van der Waals surface area contributed by atoms with Crippen LogP contribution in [0.1, 0.15) is 23.6 Å². The van der Waals surface area contributed by atoms with E-state index in [2.05, 4.69) is 5.32 Å². The molecule has 5 nitrogen and oxygen atoms in total. The molecule has 2 amide bonds. The van der Waals surface area contributed by atoms with E-state index in [0.29, 0.717) is 13.0 Å². The molecule has 0 spiro atoms. The zero-order chi connectivity index (χ0) is 14.0. The van der Waals surface area contributed by atoms with Crippen LogP contribution in [0, 0.1) is 6.92 Å². The standard InChI is InChI=1S/C14H19N3O2/c1-9-3-5-10(6-4-9)12(15)13(18)16-11-7-8-17(2)14(11)19/h3-6,11-12H,7-8,15H2,1-2H3,(H,16,18). The van der Waals surface area contributed by atoms with Crippen LogP contribution in [0.5, 0.6) is 0 Å². The van der Waals surface area contributed by atoms with Gasteiger partial charge in [0, 0.05) is 13.6 Å². The Bertz CT molecular complexity index is 484. The van der Waals surface area contributed by atoms with Crippen LogP contribution in [0.4, 0.5) is 0 Å². The lowest BCUT2D eigenvalue weighted by molar-refractivity contribution is -0.132. The van der Waals surface area contributed by atoms with Gasteiger partial charge in [0.15, 0.2) is 0 Å². The van der Waals surface area contributed by atoms with Crippen molar-refractivity contribution in [3.8, 4) is 0 Å². The lowest BCUT2D eigenvalue weighted by atomic mass is 10.0. The smallest absolute Gasteiger partial charge is 0.244 e. The Balaban J connectivity index is 2.00. The average molecular weight is 261 g/mol. The predicted molar refractivity (Wildman–Crippen MR) is 72.3 cm³/mol. The Morgan fingerprint density at radius 1 is 1.42 bits per heavy atom. The maximum atomic E-state index is 12.0. The Kier molecular flexibility index (Phi) is 3.85. The lowest BCUT2D eigenvalue weighted by Gasteiger charge is -2.16. The van der Waals surface area contributed by atoms with Gasteiger partial charge in [-0.3, -0.25) is 9.59 Å². The van der Waals surface area contributed by atoms with E-state index in [1.807, 2.05) is 31.2 Å². The first-order valence-corrected chi connectivity index (χ1v) is 6.36. The zero-order valence-electron chi connectivity index (χ0n) is 11.2. The van der Waals surface area contributed by atoms with E-state index in [4.69, 9.17) is 5.73 Å². The number of aryl methyl sites for hydroxylation is 1. The monoisotopic (exact) mass is 261 g/mol. The normalized spacial score (nSPS) is 20.5. The molecule has 1 aliphatic rings. The molecule has 0 radical (unpaired) electrons. The number of likely N-dealkylation sites (N-methyl/N-ethyl adjacent to an activating group) is 1. The highest BCUT2D eigenvalue weighted by Crippen LogP contribution is 2.14. The van der Waals surface area contributed by atoms with Crippen molar-refractivity contribution < 1.29 is 9.59 Å². The number of nitrogens with one attached hydrogen (secondary N) is 1. The van der Waals surface area contributed by atoms with Crippen molar-refractivity contribution >= 4 is 11.8 Å². The van der Waals surface area contributed by atoms with Crippen LogP contribution in [0.3, 0.4) is 0 Å². The summed E-state index contributed by atoms with van der Waals surface area (Å²) < 4.78 is 0. The minimum absolute atomic E-state index is 0.0514. The van der Waals surface area contributed by atoms with E-state index in [1.54, 1.807) is 11.9 Å². The number of amides is 2. The summed E-state index contributed by atoms with van der Waals surface area (Å²) in [4.78, 5) is 25.4. The van der Waals surface area contributed by atoms with Gasteiger partial charge in [-0.2, -0.15) is 0 Å². The van der Waals surface area contributed by atoms with Gasteiger partial charge in [0.1, 0.15) is 12.1 Å². The highest BCUT2D eigenvalue weighted by atomic mass is 16.2. The van der Waals surface area contributed by atoms with Gasteiger partial charge in [0.25, 0.3) is 0 Å². The van der Waals surface area contributed by atoms with Crippen LogP contribution >= 0.6 is 0 Å². The largest absolute Gasteiger partial charge is 0.344 e. The summed E-state index contributed by atoms with van der Waals surface area (Å²) in [5.74, 6) is -0.359. The van der Waals surface area contributed by atoms with Gasteiger partial charge >= 0.3 is 0 Å². The van der Waals surface area contributed by atoms with Gasteiger partial charge in [-0.05, 0) is 18.9 Å². The first-order valence-electron chi connectivity index (χ1n) is 6.36. The van der Waals surface area contributed by atoms with Crippen molar-refractivity contribution in [2.24, 2.45) is 5.73 Å². The number of carbonyl (C=O) groups is 2. The fourth-order valence-corrected chi connectivity index (χ4v) is 2.14. The number of carbonyl (C=O) groups excluding carboxylic acids is 2.